The summed E-state index contributed by atoms with van der Waals surface area (Å²) in [6.07, 6.45) is 2.25. The average Bonchev–Trinajstić information content (AvgIpc) is 2.99. The number of likely N-dealkylation sites (tertiary alicyclic amines) is 1. The van der Waals surface area contributed by atoms with Crippen molar-refractivity contribution in [3.63, 3.8) is 0 Å². The molecular weight excluding hydrogens is 367 g/mol. The Morgan fingerprint density at radius 3 is 2.76 bits per heavy atom. The van der Waals surface area contributed by atoms with Gasteiger partial charge in [0, 0.05) is 24.1 Å². The molecule has 0 saturated carbocycles. The molecule has 1 aliphatic rings. The van der Waals surface area contributed by atoms with Crippen LogP contribution in [-0.4, -0.2) is 46.0 Å². The predicted molar refractivity (Wildman–Crippen MR) is 110 cm³/mol. The van der Waals surface area contributed by atoms with Gasteiger partial charge in [-0.15, -0.1) is 0 Å². The normalized spacial score (nSPS) is 17.4. The van der Waals surface area contributed by atoms with Gasteiger partial charge in [0.05, 0.1) is 34.8 Å². The van der Waals surface area contributed by atoms with Crippen molar-refractivity contribution in [3.05, 3.63) is 58.9 Å². The van der Waals surface area contributed by atoms with Crippen LogP contribution in [0.4, 0.5) is 4.39 Å². The summed E-state index contributed by atoms with van der Waals surface area (Å²) in [5, 5.41) is 9.07. The van der Waals surface area contributed by atoms with Gasteiger partial charge in [0.25, 0.3) is 0 Å². The van der Waals surface area contributed by atoms with Gasteiger partial charge in [0.1, 0.15) is 6.17 Å². The maximum absolute atomic E-state index is 13.8. The Bertz CT molecular complexity index is 1110. The van der Waals surface area contributed by atoms with Crippen molar-refractivity contribution >= 4 is 16.8 Å². The SMILES string of the molecule is Cc1cnc2c(C(=O)CN3CCCC(F)C3)c(C)n(-c3ccc(C#N)cc3)c2c1. The maximum Gasteiger partial charge on any atom is 0.180 e. The number of halogens is 1. The molecule has 2 aromatic heterocycles. The molecule has 3 aromatic rings. The zero-order valence-electron chi connectivity index (χ0n) is 16.7. The summed E-state index contributed by atoms with van der Waals surface area (Å²) < 4.78 is 15.8. The Hall–Kier alpha value is -3.04. The van der Waals surface area contributed by atoms with Crippen LogP contribution in [0.15, 0.2) is 36.5 Å². The minimum absolute atomic E-state index is 0.0367. The quantitative estimate of drug-likeness (QED) is 0.629. The standard InChI is InChI=1S/C23H23FN4O/c1-15-10-20-23(26-12-15)22(21(29)14-27-9-3-4-18(24)13-27)16(2)28(20)19-7-5-17(11-25)6-8-19/h5-8,10,12,18H,3-4,9,13-14H2,1-2H3. The Balaban J connectivity index is 1.79. The van der Waals surface area contributed by atoms with Crippen molar-refractivity contribution in [2.75, 3.05) is 19.6 Å². The minimum Gasteiger partial charge on any atom is -0.312 e. The summed E-state index contributed by atoms with van der Waals surface area (Å²) >= 11 is 0. The molecule has 0 amide bonds. The van der Waals surface area contributed by atoms with E-state index in [1.54, 1.807) is 18.3 Å². The Labute approximate surface area is 169 Å². The van der Waals surface area contributed by atoms with Gasteiger partial charge in [-0.1, -0.05) is 0 Å². The second-order valence-electron chi connectivity index (χ2n) is 7.73. The molecule has 1 unspecified atom stereocenters. The van der Waals surface area contributed by atoms with Crippen molar-refractivity contribution in [2.24, 2.45) is 0 Å². The Kier molecular flexibility index (Phi) is 5.16. The molecule has 1 fully saturated rings. The van der Waals surface area contributed by atoms with Crippen molar-refractivity contribution in [1.29, 1.82) is 5.26 Å². The fraction of sp³-hybridized carbons (Fsp3) is 0.348. The number of carbonyl (C=O) groups excluding carboxylic acids is 1. The second-order valence-corrected chi connectivity index (χ2v) is 7.73. The number of Topliss-reactive ketones (excluding diaryl/α,β-unsaturated/α-hetero) is 1. The van der Waals surface area contributed by atoms with Gasteiger partial charge >= 0.3 is 0 Å². The van der Waals surface area contributed by atoms with Crippen LogP contribution in [0.5, 0.6) is 0 Å². The summed E-state index contributed by atoms with van der Waals surface area (Å²) in [6.45, 7) is 5.13. The molecule has 1 aliphatic heterocycles. The highest BCUT2D eigenvalue weighted by Crippen LogP contribution is 2.29. The molecule has 5 nitrogen and oxygen atoms in total. The minimum atomic E-state index is -0.863. The topological polar surface area (TPSA) is 61.9 Å². The maximum atomic E-state index is 13.8. The molecular formula is C23H23FN4O. The number of piperidine rings is 1. The number of hydrogen-bond acceptors (Lipinski definition) is 4. The van der Waals surface area contributed by atoms with Crippen LogP contribution in [0.25, 0.3) is 16.7 Å². The number of aryl methyl sites for hydroxylation is 1. The lowest BCUT2D eigenvalue weighted by Gasteiger charge is -2.28. The Morgan fingerprint density at radius 1 is 1.31 bits per heavy atom. The number of benzene rings is 1. The lowest BCUT2D eigenvalue weighted by molar-refractivity contribution is 0.0859. The molecule has 0 N–H and O–H groups in total. The molecule has 6 heteroatoms. The molecule has 0 aliphatic carbocycles. The van der Waals surface area contributed by atoms with Gasteiger partial charge in [-0.2, -0.15) is 5.26 Å². The highest BCUT2D eigenvalue weighted by molar-refractivity contribution is 6.09. The first-order valence-corrected chi connectivity index (χ1v) is 9.85. The predicted octanol–water partition coefficient (Wildman–Crippen LogP) is 4.13. The lowest BCUT2D eigenvalue weighted by atomic mass is 10.1. The number of fused-ring (bicyclic) bond motifs is 1. The van der Waals surface area contributed by atoms with E-state index in [2.05, 4.69) is 11.1 Å². The van der Waals surface area contributed by atoms with Crippen molar-refractivity contribution in [3.8, 4) is 11.8 Å². The highest BCUT2D eigenvalue weighted by atomic mass is 19.1. The Morgan fingerprint density at radius 2 is 2.07 bits per heavy atom. The average molecular weight is 390 g/mol. The van der Waals surface area contributed by atoms with E-state index in [0.29, 0.717) is 29.6 Å². The molecule has 4 rings (SSSR count). The van der Waals surface area contributed by atoms with E-state index in [4.69, 9.17) is 5.26 Å². The first kappa shape index (κ1) is 19.3. The number of rotatable bonds is 4. The van der Waals surface area contributed by atoms with Gasteiger partial charge in [-0.05, 0) is 69.1 Å². The molecule has 148 valence electrons. The van der Waals surface area contributed by atoms with Crippen LogP contribution < -0.4 is 0 Å². The molecule has 3 heterocycles. The number of ketones is 1. The number of carbonyl (C=O) groups is 1. The van der Waals surface area contributed by atoms with E-state index in [1.807, 2.05) is 41.5 Å². The highest BCUT2D eigenvalue weighted by Gasteiger charge is 2.26. The number of pyridine rings is 1. The largest absolute Gasteiger partial charge is 0.312 e. The third-order valence-electron chi connectivity index (χ3n) is 5.53. The van der Waals surface area contributed by atoms with Crippen LogP contribution in [0.2, 0.25) is 0 Å². The number of nitriles is 1. The fourth-order valence-electron chi connectivity index (χ4n) is 4.16. The number of nitrogens with zero attached hydrogens (tertiary/aromatic N) is 4. The molecule has 0 radical (unpaired) electrons. The van der Waals surface area contributed by atoms with E-state index in [9.17, 15) is 9.18 Å². The van der Waals surface area contributed by atoms with Crippen LogP contribution in [0.1, 0.15) is 40.0 Å². The summed E-state index contributed by atoms with van der Waals surface area (Å²) in [7, 11) is 0. The van der Waals surface area contributed by atoms with E-state index < -0.39 is 6.17 Å². The van der Waals surface area contributed by atoms with E-state index in [0.717, 1.165) is 35.4 Å². The van der Waals surface area contributed by atoms with Crippen LogP contribution in [0.3, 0.4) is 0 Å². The first-order valence-electron chi connectivity index (χ1n) is 9.85. The van der Waals surface area contributed by atoms with Gasteiger partial charge in [-0.25, -0.2) is 4.39 Å². The van der Waals surface area contributed by atoms with Gasteiger partial charge in [0.15, 0.2) is 5.78 Å². The van der Waals surface area contributed by atoms with Gasteiger partial charge in [0.2, 0.25) is 0 Å². The first-order chi connectivity index (χ1) is 14.0. The van der Waals surface area contributed by atoms with Crippen LogP contribution in [-0.2, 0) is 0 Å². The summed E-state index contributed by atoms with van der Waals surface area (Å²) in [4.78, 5) is 19.7. The molecule has 0 bridgehead atoms. The lowest BCUT2D eigenvalue weighted by Crippen LogP contribution is -2.39. The summed E-state index contributed by atoms with van der Waals surface area (Å²) in [5.41, 5.74) is 5.38. The van der Waals surface area contributed by atoms with Crippen LogP contribution in [0, 0.1) is 25.2 Å². The smallest absolute Gasteiger partial charge is 0.180 e. The van der Waals surface area contributed by atoms with Crippen molar-refractivity contribution in [1.82, 2.24) is 14.5 Å². The number of hydrogen-bond donors (Lipinski definition) is 0. The van der Waals surface area contributed by atoms with E-state index >= 15 is 0 Å². The van der Waals surface area contributed by atoms with E-state index in [1.165, 1.54) is 0 Å². The van der Waals surface area contributed by atoms with Crippen molar-refractivity contribution < 1.29 is 9.18 Å². The monoisotopic (exact) mass is 390 g/mol. The summed E-state index contributed by atoms with van der Waals surface area (Å²) in [5.74, 6) is -0.0367. The molecule has 1 aromatic carbocycles. The second kappa shape index (κ2) is 7.76. The molecule has 1 saturated heterocycles. The fourth-order valence-corrected chi connectivity index (χ4v) is 4.16. The summed E-state index contributed by atoms with van der Waals surface area (Å²) in [6, 6.07) is 11.4. The van der Waals surface area contributed by atoms with Gasteiger partial charge in [-0.3, -0.25) is 14.7 Å². The van der Waals surface area contributed by atoms with E-state index in [-0.39, 0.29) is 12.3 Å². The third-order valence-corrected chi connectivity index (χ3v) is 5.53. The molecule has 0 spiro atoms. The molecule has 1 atom stereocenters. The van der Waals surface area contributed by atoms with Crippen LogP contribution >= 0.6 is 0 Å². The third kappa shape index (κ3) is 3.66. The zero-order valence-corrected chi connectivity index (χ0v) is 16.7. The number of aromatic nitrogens is 2. The zero-order chi connectivity index (χ0) is 20.5. The van der Waals surface area contributed by atoms with Gasteiger partial charge < -0.3 is 4.57 Å². The van der Waals surface area contributed by atoms with Crippen molar-refractivity contribution in [2.45, 2.75) is 32.9 Å². The number of alkyl halides is 1. The molecule has 29 heavy (non-hydrogen) atoms.